The van der Waals surface area contributed by atoms with Crippen LogP contribution in [0.3, 0.4) is 0 Å². The molecule has 0 unspecified atom stereocenters. The number of carbonyl (C=O) groups excluding carboxylic acids is 2. The number of esters is 1. The van der Waals surface area contributed by atoms with Crippen LogP contribution >= 0.6 is 0 Å². The number of carbonyl (C=O) groups is 2. The van der Waals surface area contributed by atoms with E-state index in [9.17, 15) is 9.59 Å². The number of fused-ring (bicyclic) bond motifs is 1. The molecule has 4 rings (SSSR count). The highest BCUT2D eigenvalue weighted by Gasteiger charge is 2.15. The number of nitrogens with zero attached hydrogens (tertiary/aromatic N) is 1. The lowest BCUT2D eigenvalue weighted by molar-refractivity contribution is -0.127. The molecule has 4 aromatic carbocycles. The quantitative estimate of drug-likeness (QED) is 0.179. The molecule has 0 aliphatic heterocycles. The van der Waals surface area contributed by atoms with Gasteiger partial charge in [0.2, 0.25) is 0 Å². The van der Waals surface area contributed by atoms with Crippen molar-refractivity contribution in [1.29, 1.82) is 0 Å². The Morgan fingerprint density at radius 1 is 0.882 bits per heavy atom. The van der Waals surface area contributed by atoms with Crippen LogP contribution in [0.5, 0.6) is 11.5 Å². The van der Waals surface area contributed by atoms with Gasteiger partial charge in [0.25, 0.3) is 5.91 Å². The molecule has 170 valence electrons. The van der Waals surface area contributed by atoms with E-state index in [4.69, 9.17) is 9.47 Å². The van der Waals surface area contributed by atoms with Crippen molar-refractivity contribution >= 4 is 28.9 Å². The van der Waals surface area contributed by atoms with Gasteiger partial charge in [-0.1, -0.05) is 54.6 Å². The van der Waals surface area contributed by atoms with E-state index in [0.717, 1.165) is 21.9 Å². The minimum absolute atomic E-state index is 0.368. The zero-order chi connectivity index (χ0) is 23.9. The van der Waals surface area contributed by atoms with Crippen molar-refractivity contribution in [1.82, 2.24) is 5.43 Å². The van der Waals surface area contributed by atoms with Gasteiger partial charge in [-0.25, -0.2) is 10.2 Å². The van der Waals surface area contributed by atoms with Gasteiger partial charge in [-0.15, -0.1) is 0 Å². The molecule has 1 amide bonds. The summed E-state index contributed by atoms with van der Waals surface area (Å²) in [7, 11) is 0. The van der Waals surface area contributed by atoms with E-state index < -0.39 is 12.1 Å². The third kappa shape index (κ3) is 5.48. The van der Waals surface area contributed by atoms with E-state index in [2.05, 4.69) is 10.5 Å². The third-order valence-corrected chi connectivity index (χ3v) is 5.27. The Balaban J connectivity index is 1.31. The van der Waals surface area contributed by atoms with Gasteiger partial charge in [-0.05, 0) is 66.8 Å². The van der Waals surface area contributed by atoms with E-state index in [-0.39, 0.29) is 5.91 Å². The van der Waals surface area contributed by atoms with Crippen LogP contribution < -0.4 is 14.9 Å². The standard InChI is InChI=1S/C28H24N2O4/c1-19-8-3-5-11-24(19)28(32)34-23-16-14-21(15-17-23)18-29-30-27(31)20(2)33-26-13-7-10-22-9-4-6-12-25(22)26/h3-18,20H,1-2H3,(H,30,31)/b29-18-/t20-/m0/s1. The van der Waals surface area contributed by atoms with Gasteiger partial charge in [0.15, 0.2) is 6.10 Å². The van der Waals surface area contributed by atoms with E-state index in [1.54, 1.807) is 43.3 Å². The van der Waals surface area contributed by atoms with E-state index in [1.165, 1.54) is 6.21 Å². The van der Waals surface area contributed by atoms with Crippen LogP contribution in [-0.2, 0) is 4.79 Å². The van der Waals surface area contributed by atoms with Crippen LogP contribution in [0.1, 0.15) is 28.4 Å². The molecule has 6 nitrogen and oxygen atoms in total. The normalized spacial score (nSPS) is 11.8. The molecule has 0 bridgehead atoms. The van der Waals surface area contributed by atoms with Crippen LogP contribution in [0, 0.1) is 6.92 Å². The molecule has 0 aliphatic rings. The van der Waals surface area contributed by atoms with Crippen molar-refractivity contribution in [3.63, 3.8) is 0 Å². The van der Waals surface area contributed by atoms with Crippen LogP contribution in [-0.4, -0.2) is 24.2 Å². The zero-order valence-electron chi connectivity index (χ0n) is 18.9. The summed E-state index contributed by atoms with van der Waals surface area (Å²) in [4.78, 5) is 24.7. The average Bonchev–Trinajstić information content (AvgIpc) is 2.85. The van der Waals surface area contributed by atoms with Gasteiger partial charge >= 0.3 is 5.97 Å². The maximum absolute atomic E-state index is 12.4. The fraction of sp³-hybridized carbons (Fsp3) is 0.107. The first kappa shape index (κ1) is 22.7. The minimum atomic E-state index is -0.730. The van der Waals surface area contributed by atoms with Gasteiger partial charge in [-0.3, -0.25) is 4.79 Å². The molecule has 4 aromatic rings. The third-order valence-electron chi connectivity index (χ3n) is 5.27. The summed E-state index contributed by atoms with van der Waals surface area (Å²) in [5, 5.41) is 5.99. The smallest absolute Gasteiger partial charge is 0.343 e. The Morgan fingerprint density at radius 2 is 1.59 bits per heavy atom. The number of nitrogens with one attached hydrogen (secondary N) is 1. The fourth-order valence-corrected chi connectivity index (χ4v) is 3.39. The Morgan fingerprint density at radius 3 is 2.38 bits per heavy atom. The highest BCUT2D eigenvalue weighted by Crippen LogP contribution is 2.26. The van der Waals surface area contributed by atoms with Crippen molar-refractivity contribution < 1.29 is 19.1 Å². The Hall–Kier alpha value is -4.45. The molecule has 1 atom stereocenters. The Kier molecular flexibility index (Phi) is 6.98. The van der Waals surface area contributed by atoms with Gasteiger partial charge < -0.3 is 9.47 Å². The highest BCUT2D eigenvalue weighted by atomic mass is 16.5. The molecule has 0 spiro atoms. The summed E-state index contributed by atoms with van der Waals surface area (Å²) in [6.45, 7) is 3.53. The zero-order valence-corrected chi connectivity index (χ0v) is 18.9. The molecular formula is C28H24N2O4. The largest absolute Gasteiger partial charge is 0.480 e. The first-order chi connectivity index (χ1) is 16.5. The van der Waals surface area contributed by atoms with E-state index in [1.807, 2.05) is 61.5 Å². The lowest BCUT2D eigenvalue weighted by atomic mass is 10.1. The number of amides is 1. The van der Waals surface area contributed by atoms with Gasteiger partial charge in [0.1, 0.15) is 11.5 Å². The number of hydrazone groups is 1. The second kappa shape index (κ2) is 10.4. The first-order valence-electron chi connectivity index (χ1n) is 10.9. The first-order valence-corrected chi connectivity index (χ1v) is 10.9. The maximum Gasteiger partial charge on any atom is 0.343 e. The summed E-state index contributed by atoms with van der Waals surface area (Å²) < 4.78 is 11.3. The molecule has 34 heavy (non-hydrogen) atoms. The summed E-state index contributed by atoms with van der Waals surface area (Å²) in [6, 6.07) is 27.6. The van der Waals surface area contributed by atoms with Gasteiger partial charge in [0, 0.05) is 5.39 Å². The lowest BCUT2D eigenvalue weighted by Gasteiger charge is -2.14. The van der Waals surface area contributed by atoms with Crippen molar-refractivity contribution in [2.75, 3.05) is 0 Å². The van der Waals surface area contributed by atoms with Crippen LogP contribution in [0.4, 0.5) is 0 Å². The molecule has 1 N–H and O–H groups in total. The van der Waals surface area contributed by atoms with Crippen LogP contribution in [0.25, 0.3) is 10.8 Å². The SMILES string of the molecule is Cc1ccccc1C(=O)Oc1ccc(/C=N\NC(=O)[C@H](C)Oc2cccc3ccccc23)cc1. The van der Waals surface area contributed by atoms with Crippen LogP contribution in [0.2, 0.25) is 0 Å². The number of hydrogen-bond acceptors (Lipinski definition) is 5. The number of aryl methyl sites for hydroxylation is 1. The second-order valence-corrected chi connectivity index (χ2v) is 7.75. The predicted molar refractivity (Wildman–Crippen MR) is 132 cm³/mol. The predicted octanol–water partition coefficient (Wildman–Crippen LogP) is 5.29. The monoisotopic (exact) mass is 452 g/mol. The molecule has 0 aliphatic carbocycles. The van der Waals surface area contributed by atoms with E-state index >= 15 is 0 Å². The summed E-state index contributed by atoms with van der Waals surface area (Å²) in [5.41, 5.74) is 4.60. The molecule has 0 aromatic heterocycles. The summed E-state index contributed by atoms with van der Waals surface area (Å²) in [5.74, 6) is 0.284. The van der Waals surface area contributed by atoms with Gasteiger partial charge in [0.05, 0.1) is 11.8 Å². The lowest BCUT2D eigenvalue weighted by Crippen LogP contribution is -2.33. The van der Waals surface area contributed by atoms with Crippen molar-refractivity contribution in [3.05, 3.63) is 108 Å². The molecule has 0 fully saturated rings. The minimum Gasteiger partial charge on any atom is -0.480 e. The molecule has 0 heterocycles. The number of benzene rings is 4. The summed E-state index contributed by atoms with van der Waals surface area (Å²) >= 11 is 0. The van der Waals surface area contributed by atoms with Crippen molar-refractivity contribution in [2.24, 2.45) is 5.10 Å². The topological polar surface area (TPSA) is 77.0 Å². The molecular weight excluding hydrogens is 428 g/mol. The van der Waals surface area contributed by atoms with E-state index in [0.29, 0.717) is 17.1 Å². The fourth-order valence-electron chi connectivity index (χ4n) is 3.39. The maximum atomic E-state index is 12.4. The average molecular weight is 453 g/mol. The number of hydrogen-bond donors (Lipinski definition) is 1. The van der Waals surface area contributed by atoms with Crippen LogP contribution in [0.15, 0.2) is 96.1 Å². The molecule has 6 heteroatoms. The van der Waals surface area contributed by atoms with Crippen molar-refractivity contribution in [2.45, 2.75) is 20.0 Å². The Labute approximate surface area is 197 Å². The highest BCUT2D eigenvalue weighted by molar-refractivity contribution is 5.93. The molecule has 0 saturated carbocycles. The number of rotatable bonds is 7. The second-order valence-electron chi connectivity index (χ2n) is 7.75. The number of ether oxygens (including phenoxy) is 2. The summed E-state index contributed by atoms with van der Waals surface area (Å²) in [6.07, 6.45) is 0.779. The van der Waals surface area contributed by atoms with Crippen molar-refractivity contribution in [3.8, 4) is 11.5 Å². The molecule has 0 saturated heterocycles. The van der Waals surface area contributed by atoms with Gasteiger partial charge in [-0.2, -0.15) is 5.10 Å². The Bertz CT molecular complexity index is 1340. The molecule has 0 radical (unpaired) electrons.